The first-order chi connectivity index (χ1) is 12.2. The Labute approximate surface area is 164 Å². The molecule has 2 aromatic carbocycles. The Hall–Kier alpha value is -1.01. The summed E-state index contributed by atoms with van der Waals surface area (Å²) >= 11 is 2.23. The third-order valence-electron chi connectivity index (χ3n) is 4.15. The Balaban J connectivity index is 2.22. The summed E-state index contributed by atoms with van der Waals surface area (Å²) in [5, 5.41) is 0. The van der Waals surface area contributed by atoms with E-state index in [1.165, 1.54) is 7.11 Å². The van der Waals surface area contributed by atoms with Crippen LogP contribution in [0.5, 0.6) is 0 Å². The molecule has 25 heavy (non-hydrogen) atoms. The molecule has 0 aliphatic heterocycles. The standard InChI is InChI=1S/C19H23INO3P/c1-15(16-9-5-3-6-10-16)21(14-19(22)23-2)13-18(24-25-20)17-11-7-4-8-12-17/h3-12,15,18,25H,13-14H2,1-2H3. The molecule has 0 heterocycles. The number of hydrogen-bond donors (Lipinski definition) is 0. The predicted octanol–water partition coefficient (Wildman–Crippen LogP) is 4.92. The molecule has 134 valence electrons. The van der Waals surface area contributed by atoms with E-state index < -0.39 is 0 Å². The fourth-order valence-electron chi connectivity index (χ4n) is 2.68. The largest absolute Gasteiger partial charge is 0.468 e. The van der Waals surface area contributed by atoms with E-state index in [-0.39, 0.29) is 24.7 Å². The molecule has 0 saturated carbocycles. The Kier molecular flexibility index (Phi) is 8.82. The molecule has 0 amide bonds. The first-order valence-corrected chi connectivity index (χ1v) is 12.1. The summed E-state index contributed by atoms with van der Waals surface area (Å²) < 4.78 is 10.9. The van der Waals surface area contributed by atoms with Crippen molar-refractivity contribution in [2.24, 2.45) is 0 Å². The van der Waals surface area contributed by atoms with Gasteiger partial charge in [-0.1, -0.05) is 60.7 Å². The van der Waals surface area contributed by atoms with Crippen molar-refractivity contribution in [1.82, 2.24) is 4.90 Å². The van der Waals surface area contributed by atoms with Gasteiger partial charge in [-0.25, -0.2) is 0 Å². The summed E-state index contributed by atoms with van der Waals surface area (Å²) in [4.78, 5) is 14.0. The van der Waals surface area contributed by atoms with E-state index in [0.717, 1.165) is 11.1 Å². The fraction of sp³-hybridized carbons (Fsp3) is 0.316. The lowest BCUT2D eigenvalue weighted by molar-refractivity contribution is -0.142. The van der Waals surface area contributed by atoms with Crippen LogP contribution in [0.1, 0.15) is 30.2 Å². The van der Waals surface area contributed by atoms with Crippen molar-refractivity contribution in [3.05, 3.63) is 71.8 Å². The summed E-state index contributed by atoms with van der Waals surface area (Å²) in [6, 6.07) is 20.4. The van der Waals surface area contributed by atoms with Crippen LogP contribution in [0, 0.1) is 0 Å². The highest BCUT2D eigenvalue weighted by molar-refractivity contribution is 14.2. The SMILES string of the molecule is COC(=O)CN(CC(OPI)c1ccccc1)C(C)c1ccccc1. The van der Waals surface area contributed by atoms with E-state index in [0.29, 0.717) is 13.0 Å². The number of methoxy groups -OCH3 is 1. The molecule has 3 atom stereocenters. The summed E-state index contributed by atoms with van der Waals surface area (Å²) in [5.41, 5.74) is 2.27. The molecule has 4 nitrogen and oxygen atoms in total. The highest BCUT2D eigenvalue weighted by atomic mass is 127. The van der Waals surface area contributed by atoms with Gasteiger partial charge in [0.05, 0.1) is 20.1 Å². The summed E-state index contributed by atoms with van der Waals surface area (Å²) in [6.07, 6.45) is -0.0905. The molecule has 0 fully saturated rings. The van der Waals surface area contributed by atoms with Crippen LogP contribution in [-0.2, 0) is 14.1 Å². The van der Waals surface area contributed by atoms with Crippen LogP contribution in [0.15, 0.2) is 60.7 Å². The third kappa shape index (κ3) is 6.33. The predicted molar refractivity (Wildman–Crippen MR) is 111 cm³/mol. The van der Waals surface area contributed by atoms with Crippen LogP contribution in [0.4, 0.5) is 0 Å². The first-order valence-electron chi connectivity index (χ1n) is 8.07. The minimum atomic E-state index is -0.244. The van der Waals surface area contributed by atoms with Gasteiger partial charge in [-0.15, -0.1) is 0 Å². The maximum absolute atomic E-state index is 11.9. The number of ether oxygens (including phenoxy) is 1. The van der Waals surface area contributed by atoms with Gasteiger partial charge in [0.1, 0.15) is 6.10 Å². The average molecular weight is 471 g/mol. The van der Waals surface area contributed by atoms with Crippen molar-refractivity contribution in [2.45, 2.75) is 19.1 Å². The lowest BCUT2D eigenvalue weighted by Crippen LogP contribution is -2.36. The molecule has 0 saturated heterocycles. The zero-order chi connectivity index (χ0) is 18.1. The van der Waals surface area contributed by atoms with Crippen molar-refractivity contribution in [3.8, 4) is 0 Å². The highest BCUT2D eigenvalue weighted by Gasteiger charge is 2.24. The van der Waals surface area contributed by atoms with Crippen LogP contribution in [0.2, 0.25) is 0 Å². The van der Waals surface area contributed by atoms with E-state index in [2.05, 4.69) is 58.1 Å². The molecule has 0 aliphatic rings. The second kappa shape index (κ2) is 10.9. The molecule has 0 N–H and O–H groups in total. The van der Waals surface area contributed by atoms with Crippen molar-refractivity contribution in [3.63, 3.8) is 0 Å². The van der Waals surface area contributed by atoms with E-state index in [4.69, 9.17) is 9.26 Å². The number of esters is 1. The normalized spacial score (nSPS) is 13.9. The first kappa shape index (κ1) is 20.3. The third-order valence-corrected chi connectivity index (χ3v) is 5.28. The highest BCUT2D eigenvalue weighted by Crippen LogP contribution is 2.34. The van der Waals surface area contributed by atoms with Gasteiger partial charge in [0.15, 0.2) is 0 Å². The fourth-order valence-corrected chi connectivity index (χ4v) is 3.92. The molecule has 6 heteroatoms. The lowest BCUT2D eigenvalue weighted by Gasteiger charge is -2.31. The molecular formula is C19H23INO3P. The Morgan fingerprint density at radius 3 is 2.16 bits per heavy atom. The van der Waals surface area contributed by atoms with Crippen molar-refractivity contribution < 1.29 is 14.1 Å². The Morgan fingerprint density at radius 1 is 1.08 bits per heavy atom. The molecule has 2 rings (SSSR count). The van der Waals surface area contributed by atoms with Gasteiger partial charge in [-0.2, -0.15) is 0 Å². The van der Waals surface area contributed by atoms with Gasteiger partial charge in [-0.3, -0.25) is 9.69 Å². The number of carbonyl (C=O) groups is 1. The summed E-state index contributed by atoms with van der Waals surface area (Å²) in [7, 11) is 1.42. The number of hydrogen-bond acceptors (Lipinski definition) is 4. The maximum Gasteiger partial charge on any atom is 0.319 e. The number of rotatable bonds is 9. The Bertz CT molecular complexity index is 642. The Morgan fingerprint density at radius 2 is 1.64 bits per heavy atom. The van der Waals surface area contributed by atoms with E-state index in [1.807, 2.05) is 36.4 Å². The summed E-state index contributed by atoms with van der Waals surface area (Å²) in [6.45, 7) is 3.29. The molecule has 0 bridgehead atoms. The van der Waals surface area contributed by atoms with Crippen LogP contribution in [0.25, 0.3) is 0 Å². The lowest BCUT2D eigenvalue weighted by atomic mass is 10.0. The van der Waals surface area contributed by atoms with Crippen LogP contribution >= 0.6 is 28.5 Å². The minimum Gasteiger partial charge on any atom is -0.468 e. The quantitative estimate of drug-likeness (QED) is 0.296. The number of nitrogens with zero attached hydrogens (tertiary/aromatic N) is 1. The average Bonchev–Trinajstić information content (AvgIpc) is 2.67. The van der Waals surface area contributed by atoms with Crippen molar-refractivity contribution in [2.75, 3.05) is 20.2 Å². The zero-order valence-corrected chi connectivity index (χ0v) is 17.5. The van der Waals surface area contributed by atoms with Crippen LogP contribution in [-0.4, -0.2) is 31.1 Å². The van der Waals surface area contributed by atoms with Gasteiger partial charge in [0.25, 0.3) is 0 Å². The van der Waals surface area contributed by atoms with Gasteiger partial charge in [0, 0.05) is 12.6 Å². The number of carbonyl (C=O) groups excluding carboxylic acids is 1. The number of halogens is 1. The zero-order valence-electron chi connectivity index (χ0n) is 14.4. The van der Waals surface area contributed by atoms with Crippen LogP contribution < -0.4 is 0 Å². The van der Waals surface area contributed by atoms with Crippen LogP contribution in [0.3, 0.4) is 0 Å². The second-order valence-electron chi connectivity index (χ2n) is 5.69. The van der Waals surface area contributed by atoms with Gasteiger partial charge < -0.3 is 9.26 Å². The molecule has 2 aromatic rings. The van der Waals surface area contributed by atoms with Gasteiger partial charge >= 0.3 is 5.97 Å². The molecule has 0 aliphatic carbocycles. The summed E-state index contributed by atoms with van der Waals surface area (Å²) in [5.74, 6) is -0.244. The number of benzene rings is 2. The molecule has 3 unspecified atom stereocenters. The van der Waals surface area contributed by atoms with E-state index in [9.17, 15) is 4.79 Å². The topological polar surface area (TPSA) is 38.8 Å². The van der Waals surface area contributed by atoms with Crippen molar-refractivity contribution in [1.29, 1.82) is 0 Å². The van der Waals surface area contributed by atoms with Gasteiger partial charge in [0.2, 0.25) is 0 Å². The monoisotopic (exact) mass is 471 g/mol. The molecule has 0 radical (unpaired) electrons. The smallest absolute Gasteiger partial charge is 0.319 e. The van der Waals surface area contributed by atoms with E-state index in [1.54, 1.807) is 0 Å². The maximum atomic E-state index is 11.9. The minimum absolute atomic E-state index is 0.0765. The van der Waals surface area contributed by atoms with Gasteiger partial charge in [-0.05, 0) is 40.1 Å². The van der Waals surface area contributed by atoms with E-state index >= 15 is 0 Å². The molecule has 0 aromatic heterocycles. The van der Waals surface area contributed by atoms with Crippen molar-refractivity contribution >= 4 is 34.5 Å². The second-order valence-corrected chi connectivity index (χ2v) is 7.40. The molecule has 0 spiro atoms. The molecular weight excluding hydrogens is 448 g/mol.